The van der Waals surface area contributed by atoms with Gasteiger partial charge in [0.15, 0.2) is 5.78 Å². The molecule has 0 saturated carbocycles. The van der Waals surface area contributed by atoms with Crippen LogP contribution in [-0.4, -0.2) is 29.9 Å². The summed E-state index contributed by atoms with van der Waals surface area (Å²) in [4.78, 5) is 23.4. The Hall–Kier alpha value is -1.94. The third-order valence-corrected chi connectivity index (χ3v) is 4.32. The number of hydrogen-bond donors (Lipinski definition) is 2. The fraction of sp³-hybridized carbons (Fsp3) is 0.545. The third-order valence-electron chi connectivity index (χ3n) is 4.32. The minimum Gasteiger partial charge on any atom is -0.395 e. The minimum atomic E-state index is -0.0248. The van der Waals surface area contributed by atoms with Gasteiger partial charge in [0.2, 0.25) is 5.91 Å². The molecule has 0 fully saturated rings. The number of ketones is 1. The van der Waals surface area contributed by atoms with Crippen LogP contribution in [-0.2, 0) is 9.59 Å². The molecule has 1 aliphatic rings. The maximum atomic E-state index is 12.0. The molecule has 0 aromatic heterocycles. The molecule has 0 aromatic rings. The predicted molar refractivity (Wildman–Crippen MR) is 107 cm³/mol. The van der Waals surface area contributed by atoms with Gasteiger partial charge in [0.1, 0.15) is 0 Å². The van der Waals surface area contributed by atoms with E-state index in [1.807, 2.05) is 18.2 Å². The molecule has 1 rings (SSSR count). The van der Waals surface area contributed by atoms with Gasteiger partial charge in [-0.2, -0.15) is 0 Å². The van der Waals surface area contributed by atoms with Gasteiger partial charge in [0, 0.05) is 24.5 Å². The molecular weight excluding hydrogens is 326 g/mol. The monoisotopic (exact) mass is 359 g/mol. The van der Waals surface area contributed by atoms with Crippen molar-refractivity contribution in [2.24, 2.45) is 5.92 Å². The lowest BCUT2D eigenvalue weighted by Gasteiger charge is -2.06. The molecule has 0 aromatic carbocycles. The molecule has 0 bridgehead atoms. The lowest BCUT2D eigenvalue weighted by atomic mass is 9.97. The van der Waals surface area contributed by atoms with E-state index < -0.39 is 0 Å². The summed E-state index contributed by atoms with van der Waals surface area (Å²) in [6, 6.07) is 0. The van der Waals surface area contributed by atoms with Crippen molar-refractivity contribution >= 4 is 11.7 Å². The molecular formula is C22H33NO3. The lowest BCUT2D eigenvalue weighted by Crippen LogP contribution is -2.25. The van der Waals surface area contributed by atoms with E-state index >= 15 is 0 Å². The van der Waals surface area contributed by atoms with Gasteiger partial charge in [-0.1, -0.05) is 56.2 Å². The molecule has 0 aliphatic heterocycles. The number of carbonyl (C=O) groups is 2. The van der Waals surface area contributed by atoms with Crippen molar-refractivity contribution in [3.8, 4) is 0 Å². The number of aliphatic hydroxyl groups is 1. The average Bonchev–Trinajstić information content (AvgIpc) is 2.99. The van der Waals surface area contributed by atoms with Crippen molar-refractivity contribution in [2.75, 3.05) is 13.2 Å². The molecule has 2 N–H and O–H groups in total. The Morgan fingerprint density at radius 3 is 2.77 bits per heavy atom. The van der Waals surface area contributed by atoms with Crippen LogP contribution in [0.3, 0.4) is 0 Å². The average molecular weight is 360 g/mol. The molecule has 0 heterocycles. The molecule has 1 aliphatic carbocycles. The zero-order chi connectivity index (χ0) is 19.0. The highest BCUT2D eigenvalue weighted by atomic mass is 16.3. The van der Waals surface area contributed by atoms with Crippen LogP contribution in [0.1, 0.15) is 58.3 Å². The highest BCUT2D eigenvalue weighted by Gasteiger charge is 2.20. The molecule has 1 amide bonds. The number of allylic oxidation sites excluding steroid dienone is 8. The van der Waals surface area contributed by atoms with Crippen molar-refractivity contribution in [1.82, 2.24) is 5.32 Å². The number of hydrogen-bond acceptors (Lipinski definition) is 3. The first-order valence-corrected chi connectivity index (χ1v) is 9.80. The van der Waals surface area contributed by atoms with E-state index in [9.17, 15) is 9.59 Å². The third kappa shape index (κ3) is 9.52. The Morgan fingerprint density at radius 2 is 2.00 bits per heavy atom. The number of rotatable bonds is 13. The van der Waals surface area contributed by atoms with Gasteiger partial charge in [-0.3, -0.25) is 9.59 Å². The number of carbonyl (C=O) groups excluding carboxylic acids is 2. The van der Waals surface area contributed by atoms with E-state index in [0.717, 1.165) is 31.3 Å². The maximum absolute atomic E-state index is 12.0. The van der Waals surface area contributed by atoms with Gasteiger partial charge in [0.25, 0.3) is 0 Å². The van der Waals surface area contributed by atoms with E-state index in [-0.39, 0.29) is 24.2 Å². The molecule has 0 radical (unpaired) electrons. The summed E-state index contributed by atoms with van der Waals surface area (Å²) in [6.45, 7) is 2.49. The smallest absolute Gasteiger partial charge is 0.220 e. The summed E-state index contributed by atoms with van der Waals surface area (Å²) in [7, 11) is 0. The van der Waals surface area contributed by atoms with Gasteiger partial charge in [-0.05, 0) is 38.2 Å². The van der Waals surface area contributed by atoms with Gasteiger partial charge >= 0.3 is 0 Å². The van der Waals surface area contributed by atoms with Crippen LogP contribution in [0.4, 0.5) is 0 Å². The first-order valence-electron chi connectivity index (χ1n) is 9.80. The summed E-state index contributed by atoms with van der Waals surface area (Å²) in [5.74, 6) is 0.252. The van der Waals surface area contributed by atoms with Crippen LogP contribution in [0.2, 0.25) is 0 Å². The minimum absolute atomic E-state index is 0.0206. The Morgan fingerprint density at radius 1 is 1.19 bits per heavy atom. The van der Waals surface area contributed by atoms with Gasteiger partial charge in [-0.15, -0.1) is 0 Å². The normalized spacial score (nSPS) is 18.6. The largest absolute Gasteiger partial charge is 0.395 e. The van der Waals surface area contributed by atoms with E-state index in [4.69, 9.17) is 5.11 Å². The topological polar surface area (TPSA) is 66.4 Å². The van der Waals surface area contributed by atoms with E-state index in [1.54, 1.807) is 6.08 Å². The van der Waals surface area contributed by atoms with Crippen LogP contribution in [0.5, 0.6) is 0 Å². The van der Waals surface area contributed by atoms with Gasteiger partial charge in [-0.25, -0.2) is 0 Å². The van der Waals surface area contributed by atoms with Crippen LogP contribution >= 0.6 is 0 Å². The highest BCUT2D eigenvalue weighted by Crippen LogP contribution is 2.25. The first kappa shape index (κ1) is 22.1. The standard InChI is InChI=1S/C22H33NO3/c1-2-3-4-5-6-10-13-20-19(15-16-21(20)25)12-9-7-8-11-14-22(26)23-17-18-24/h6-7,9-10,13,15-16,19,24H,2-5,8,11-12,14,17-18H2,1H3,(H,23,26)/b9-7+,10-6+,20-13+. The fourth-order valence-electron chi connectivity index (χ4n) is 2.80. The molecule has 1 atom stereocenters. The lowest BCUT2D eigenvalue weighted by molar-refractivity contribution is -0.121. The van der Waals surface area contributed by atoms with Crippen LogP contribution < -0.4 is 5.32 Å². The number of nitrogens with one attached hydrogen (secondary N) is 1. The molecule has 26 heavy (non-hydrogen) atoms. The van der Waals surface area contributed by atoms with Gasteiger partial charge < -0.3 is 10.4 Å². The van der Waals surface area contributed by atoms with Gasteiger partial charge in [0.05, 0.1) is 6.61 Å². The molecule has 4 heteroatoms. The Labute approximate surface area is 157 Å². The van der Waals surface area contributed by atoms with Crippen molar-refractivity contribution < 1.29 is 14.7 Å². The Kier molecular flexibility index (Phi) is 12.1. The summed E-state index contributed by atoms with van der Waals surface area (Å²) in [5, 5.41) is 11.3. The highest BCUT2D eigenvalue weighted by molar-refractivity contribution is 6.07. The number of unbranched alkanes of at least 4 members (excludes halogenated alkanes) is 4. The molecule has 4 nitrogen and oxygen atoms in total. The zero-order valence-corrected chi connectivity index (χ0v) is 16.0. The molecule has 0 spiro atoms. The second-order valence-electron chi connectivity index (χ2n) is 6.55. The van der Waals surface area contributed by atoms with E-state index in [2.05, 4.69) is 30.5 Å². The van der Waals surface area contributed by atoms with Crippen molar-refractivity contribution in [3.05, 3.63) is 48.1 Å². The predicted octanol–water partition coefficient (Wildman–Crippen LogP) is 4.03. The Bertz CT molecular complexity index is 544. The maximum Gasteiger partial charge on any atom is 0.220 e. The molecule has 1 unspecified atom stereocenters. The summed E-state index contributed by atoms with van der Waals surface area (Å²) in [6.07, 6.45) is 21.6. The second kappa shape index (κ2) is 14.3. The second-order valence-corrected chi connectivity index (χ2v) is 6.55. The SMILES string of the molecule is CCCCC/C=C/C=C1/C(=O)C=CC1C/C=C/CCCC(=O)NCCO. The van der Waals surface area contributed by atoms with Crippen LogP contribution in [0.25, 0.3) is 0 Å². The van der Waals surface area contributed by atoms with E-state index in [1.165, 1.54) is 19.3 Å². The quantitative estimate of drug-likeness (QED) is 0.296. The molecule has 144 valence electrons. The summed E-state index contributed by atoms with van der Waals surface area (Å²) in [5.41, 5.74) is 0.866. The van der Waals surface area contributed by atoms with Crippen molar-refractivity contribution in [2.45, 2.75) is 58.3 Å². The van der Waals surface area contributed by atoms with Crippen molar-refractivity contribution in [1.29, 1.82) is 0 Å². The summed E-state index contributed by atoms with van der Waals surface area (Å²) < 4.78 is 0. The fourth-order valence-corrected chi connectivity index (χ4v) is 2.80. The Balaban J connectivity index is 2.30. The molecule has 0 saturated heterocycles. The van der Waals surface area contributed by atoms with Crippen LogP contribution in [0, 0.1) is 5.92 Å². The zero-order valence-electron chi connectivity index (χ0n) is 16.0. The first-order chi connectivity index (χ1) is 12.7. The van der Waals surface area contributed by atoms with Crippen molar-refractivity contribution in [3.63, 3.8) is 0 Å². The number of amides is 1. The number of aliphatic hydroxyl groups excluding tert-OH is 1. The van der Waals surface area contributed by atoms with E-state index in [0.29, 0.717) is 13.0 Å². The van der Waals surface area contributed by atoms with Crippen LogP contribution in [0.15, 0.2) is 48.1 Å². The summed E-state index contributed by atoms with van der Waals surface area (Å²) >= 11 is 0.